The van der Waals surface area contributed by atoms with Gasteiger partial charge in [-0.2, -0.15) is 0 Å². The summed E-state index contributed by atoms with van der Waals surface area (Å²) in [6.07, 6.45) is 0.402. The first-order valence-electron chi connectivity index (χ1n) is 4.66. The molecule has 1 rings (SSSR count). The van der Waals surface area contributed by atoms with E-state index in [-0.39, 0.29) is 18.3 Å². The van der Waals surface area contributed by atoms with Crippen molar-refractivity contribution in [3.63, 3.8) is 0 Å². The third-order valence-electron chi connectivity index (χ3n) is 2.00. The predicted octanol–water partition coefficient (Wildman–Crippen LogP) is 1.44. The van der Waals surface area contributed by atoms with Crippen molar-refractivity contribution in [2.45, 2.75) is 13.3 Å². The van der Waals surface area contributed by atoms with Crippen LogP contribution >= 0.6 is 11.6 Å². The highest BCUT2D eigenvalue weighted by molar-refractivity contribution is 6.32. The van der Waals surface area contributed by atoms with Gasteiger partial charge >= 0.3 is 0 Å². The normalized spacial score (nSPS) is 10.2. The van der Waals surface area contributed by atoms with Crippen molar-refractivity contribution >= 4 is 23.2 Å². The molecule has 0 saturated heterocycles. The van der Waals surface area contributed by atoms with E-state index >= 15 is 0 Å². The summed E-state index contributed by atoms with van der Waals surface area (Å²) in [5.74, 6) is 4.60. The summed E-state index contributed by atoms with van der Waals surface area (Å²) >= 11 is 5.96. The lowest BCUT2D eigenvalue weighted by Crippen LogP contribution is -2.11. The summed E-state index contributed by atoms with van der Waals surface area (Å²) in [7, 11) is 0. The highest BCUT2D eigenvalue weighted by atomic mass is 35.5. The molecule has 1 amide bonds. The summed E-state index contributed by atoms with van der Waals surface area (Å²) in [5, 5.41) is 12.6. The number of carbonyl (C=O) groups excluding carboxylic acids is 1. The van der Waals surface area contributed by atoms with E-state index in [1.807, 2.05) is 0 Å². The third kappa shape index (κ3) is 3.10. The first-order chi connectivity index (χ1) is 7.56. The van der Waals surface area contributed by atoms with Crippen molar-refractivity contribution in [1.29, 1.82) is 0 Å². The Morgan fingerprint density at radius 1 is 1.62 bits per heavy atom. The number of carbonyl (C=O) groups is 1. The second kappa shape index (κ2) is 5.69. The number of halogens is 1. The van der Waals surface area contributed by atoms with Crippen LogP contribution < -0.4 is 11.2 Å². The molecule has 1 aromatic carbocycles. The highest BCUT2D eigenvalue weighted by Gasteiger charge is 2.13. The molecule has 5 nitrogen and oxygen atoms in total. The van der Waals surface area contributed by atoms with Crippen molar-refractivity contribution in [1.82, 2.24) is 0 Å². The Balaban J connectivity index is 3.09. The van der Waals surface area contributed by atoms with Gasteiger partial charge < -0.3 is 15.3 Å². The fourth-order valence-corrected chi connectivity index (χ4v) is 1.58. The minimum Gasteiger partial charge on any atom is -0.506 e. The Hall–Kier alpha value is -1.30. The lowest BCUT2D eigenvalue weighted by atomic mass is 10.1. The number of rotatable bonds is 4. The SMILES string of the molecule is CC(=O)Nc1c(O)ccc(Cl)c1CCON. The van der Waals surface area contributed by atoms with Gasteiger partial charge in [0.1, 0.15) is 5.75 Å². The van der Waals surface area contributed by atoms with Crippen LogP contribution in [0.5, 0.6) is 5.75 Å². The largest absolute Gasteiger partial charge is 0.506 e. The number of amides is 1. The lowest BCUT2D eigenvalue weighted by Gasteiger charge is -2.13. The van der Waals surface area contributed by atoms with E-state index in [1.165, 1.54) is 13.0 Å². The molecule has 0 fully saturated rings. The van der Waals surface area contributed by atoms with Gasteiger partial charge in [0.15, 0.2) is 0 Å². The van der Waals surface area contributed by atoms with Gasteiger partial charge in [0, 0.05) is 23.9 Å². The van der Waals surface area contributed by atoms with Crippen LogP contribution in [0.2, 0.25) is 5.02 Å². The molecule has 0 aliphatic rings. The summed E-state index contributed by atoms with van der Waals surface area (Å²) in [4.78, 5) is 15.4. The Labute approximate surface area is 98.1 Å². The van der Waals surface area contributed by atoms with Crippen molar-refractivity contribution in [3.8, 4) is 5.75 Å². The third-order valence-corrected chi connectivity index (χ3v) is 2.36. The first kappa shape index (κ1) is 12.8. The van der Waals surface area contributed by atoms with E-state index in [1.54, 1.807) is 6.07 Å². The number of hydrogen-bond acceptors (Lipinski definition) is 4. The zero-order valence-electron chi connectivity index (χ0n) is 8.79. The molecule has 0 atom stereocenters. The molecule has 16 heavy (non-hydrogen) atoms. The van der Waals surface area contributed by atoms with Gasteiger partial charge in [0.2, 0.25) is 5.91 Å². The molecule has 4 N–H and O–H groups in total. The number of nitrogens with one attached hydrogen (secondary N) is 1. The maximum absolute atomic E-state index is 11.0. The summed E-state index contributed by atoms with van der Waals surface area (Å²) < 4.78 is 0. The van der Waals surface area contributed by atoms with E-state index in [0.717, 1.165) is 0 Å². The fraction of sp³-hybridized carbons (Fsp3) is 0.300. The van der Waals surface area contributed by atoms with Crippen LogP contribution in [0.3, 0.4) is 0 Å². The molecule has 88 valence electrons. The van der Waals surface area contributed by atoms with Gasteiger partial charge in [0.05, 0.1) is 12.3 Å². The van der Waals surface area contributed by atoms with Crippen LogP contribution in [-0.4, -0.2) is 17.6 Å². The monoisotopic (exact) mass is 244 g/mol. The van der Waals surface area contributed by atoms with E-state index in [2.05, 4.69) is 10.2 Å². The number of nitrogens with two attached hydrogens (primary N) is 1. The Morgan fingerprint density at radius 3 is 2.88 bits per heavy atom. The minimum atomic E-state index is -0.285. The Kier molecular flexibility index (Phi) is 4.54. The van der Waals surface area contributed by atoms with Gasteiger partial charge in [-0.25, -0.2) is 5.90 Å². The molecule has 0 aliphatic carbocycles. The van der Waals surface area contributed by atoms with Crippen molar-refractivity contribution in [2.75, 3.05) is 11.9 Å². The van der Waals surface area contributed by atoms with E-state index in [0.29, 0.717) is 22.7 Å². The standard InChI is InChI=1S/C10H13ClN2O3/c1-6(14)13-10-7(4-5-16-12)8(11)2-3-9(10)15/h2-3,15H,4-5,12H2,1H3,(H,13,14). The smallest absolute Gasteiger partial charge is 0.221 e. The predicted molar refractivity (Wildman–Crippen MR) is 61.3 cm³/mol. The van der Waals surface area contributed by atoms with Crippen molar-refractivity contribution in [3.05, 3.63) is 22.7 Å². The number of hydrogen-bond donors (Lipinski definition) is 3. The molecule has 0 spiro atoms. The number of aromatic hydroxyl groups is 1. The Morgan fingerprint density at radius 2 is 2.31 bits per heavy atom. The molecule has 1 aromatic rings. The molecular formula is C10H13ClN2O3. The zero-order chi connectivity index (χ0) is 12.1. The Bertz CT molecular complexity index is 396. The molecular weight excluding hydrogens is 232 g/mol. The fourth-order valence-electron chi connectivity index (χ4n) is 1.33. The van der Waals surface area contributed by atoms with Crippen LogP contribution in [0.1, 0.15) is 12.5 Å². The van der Waals surface area contributed by atoms with E-state index in [4.69, 9.17) is 17.5 Å². The number of phenolic OH excluding ortho intramolecular Hbond substituents is 1. The van der Waals surface area contributed by atoms with E-state index < -0.39 is 0 Å². The number of benzene rings is 1. The van der Waals surface area contributed by atoms with Gasteiger partial charge in [-0.3, -0.25) is 4.79 Å². The second-order valence-corrected chi connectivity index (χ2v) is 3.63. The first-order valence-corrected chi connectivity index (χ1v) is 5.03. The van der Waals surface area contributed by atoms with Crippen LogP contribution in [0, 0.1) is 0 Å². The van der Waals surface area contributed by atoms with Crippen LogP contribution in [0.15, 0.2) is 12.1 Å². The summed E-state index contributed by atoms with van der Waals surface area (Å²) in [6.45, 7) is 1.60. The van der Waals surface area contributed by atoms with Gasteiger partial charge in [0.25, 0.3) is 0 Å². The van der Waals surface area contributed by atoms with Gasteiger partial charge in [-0.15, -0.1) is 0 Å². The van der Waals surface area contributed by atoms with Gasteiger partial charge in [-0.1, -0.05) is 11.6 Å². The topological polar surface area (TPSA) is 84.6 Å². The van der Waals surface area contributed by atoms with Crippen molar-refractivity contribution in [2.24, 2.45) is 5.90 Å². The molecule has 6 heteroatoms. The number of phenols is 1. The quantitative estimate of drug-likeness (QED) is 0.553. The van der Waals surface area contributed by atoms with Crippen LogP contribution in [0.4, 0.5) is 5.69 Å². The zero-order valence-corrected chi connectivity index (χ0v) is 9.54. The molecule has 0 aliphatic heterocycles. The molecule has 0 unspecified atom stereocenters. The molecule has 0 heterocycles. The molecule has 0 radical (unpaired) electrons. The van der Waals surface area contributed by atoms with E-state index in [9.17, 15) is 9.90 Å². The maximum atomic E-state index is 11.0. The van der Waals surface area contributed by atoms with Crippen molar-refractivity contribution < 1.29 is 14.7 Å². The van der Waals surface area contributed by atoms with Crippen LogP contribution in [-0.2, 0) is 16.1 Å². The second-order valence-electron chi connectivity index (χ2n) is 3.22. The minimum absolute atomic E-state index is 0.0355. The summed E-state index contributed by atoms with van der Waals surface area (Å²) in [5.41, 5.74) is 0.902. The molecule has 0 bridgehead atoms. The molecule has 0 aromatic heterocycles. The highest BCUT2D eigenvalue weighted by Crippen LogP contribution is 2.33. The van der Waals surface area contributed by atoms with Crippen LogP contribution in [0.25, 0.3) is 0 Å². The summed E-state index contributed by atoms with van der Waals surface area (Å²) in [6, 6.07) is 2.97. The average Bonchev–Trinajstić information content (AvgIpc) is 2.22. The lowest BCUT2D eigenvalue weighted by molar-refractivity contribution is -0.114. The van der Waals surface area contributed by atoms with Gasteiger partial charge in [-0.05, 0) is 12.1 Å². The molecule has 0 saturated carbocycles. The average molecular weight is 245 g/mol. The number of anilines is 1. The maximum Gasteiger partial charge on any atom is 0.221 e.